The average Bonchev–Trinajstić information content (AvgIpc) is 3.29. The maximum Gasteiger partial charge on any atom is 0.397 e. The van der Waals surface area contributed by atoms with Crippen molar-refractivity contribution in [3.63, 3.8) is 0 Å². The van der Waals surface area contributed by atoms with Crippen molar-refractivity contribution in [2.24, 2.45) is 0 Å². The third-order valence-corrected chi connectivity index (χ3v) is 12.3. The SMILES string of the molecule is O=C(C[C@H](CCCCCCc1ccccc1)OC(=O)CCCCCCCCc1ccccc1)N[C@H]1C(O)O[C@H](CO)[C@@H](OS(=O)(=O)O)[C@@H]1OC(=O)CCCCCCCCc1ccccc1. The Morgan fingerprint density at radius 3 is 1.49 bits per heavy atom. The quantitative estimate of drug-likeness (QED) is 0.0258. The maximum atomic E-state index is 13.7. The highest BCUT2D eigenvalue weighted by atomic mass is 32.3. The van der Waals surface area contributed by atoms with Gasteiger partial charge in [-0.25, -0.2) is 4.18 Å². The molecule has 4 N–H and O–H groups in total. The molecule has 360 valence electrons. The minimum atomic E-state index is -5.18. The molecular weight excluding hydrogens is 851 g/mol. The van der Waals surface area contributed by atoms with Crippen molar-refractivity contribution in [2.75, 3.05) is 6.61 Å². The Morgan fingerprint density at radius 2 is 1.03 bits per heavy atom. The number of esters is 2. The minimum Gasteiger partial charge on any atom is -0.462 e. The molecule has 0 radical (unpaired) electrons. The van der Waals surface area contributed by atoms with Gasteiger partial charge in [0, 0.05) is 12.8 Å². The number of benzene rings is 3. The number of ether oxygens (including phenoxy) is 3. The van der Waals surface area contributed by atoms with Crippen LogP contribution in [0.5, 0.6) is 0 Å². The van der Waals surface area contributed by atoms with Crippen molar-refractivity contribution in [2.45, 2.75) is 184 Å². The number of amides is 1. The number of unbranched alkanes of at least 4 members (excludes halogenated alkanes) is 13. The van der Waals surface area contributed by atoms with Crippen LogP contribution in [0.2, 0.25) is 0 Å². The number of carbonyl (C=O) groups excluding carboxylic acids is 3. The number of carbonyl (C=O) groups is 3. The second-order valence-corrected chi connectivity index (χ2v) is 18.3. The normalized spacial score (nSPS) is 19.0. The summed E-state index contributed by atoms with van der Waals surface area (Å²) in [5, 5.41) is 23.7. The molecule has 65 heavy (non-hydrogen) atoms. The predicted octanol–water partition coefficient (Wildman–Crippen LogP) is 8.72. The van der Waals surface area contributed by atoms with E-state index in [9.17, 15) is 37.6 Å². The first-order valence-corrected chi connectivity index (χ1v) is 25.3. The number of aliphatic hydroxyl groups excluding tert-OH is 2. The van der Waals surface area contributed by atoms with E-state index in [0.717, 1.165) is 103 Å². The van der Waals surface area contributed by atoms with Gasteiger partial charge in [-0.15, -0.1) is 0 Å². The van der Waals surface area contributed by atoms with Crippen LogP contribution >= 0.6 is 0 Å². The largest absolute Gasteiger partial charge is 0.462 e. The van der Waals surface area contributed by atoms with E-state index in [-0.39, 0.29) is 19.3 Å². The summed E-state index contributed by atoms with van der Waals surface area (Å²) in [6.07, 6.45) is 10.1. The Kier molecular flexibility index (Phi) is 25.4. The zero-order valence-electron chi connectivity index (χ0n) is 38.0. The maximum absolute atomic E-state index is 13.7. The number of aryl methyl sites for hydroxylation is 3. The molecule has 4 rings (SSSR count). The Balaban J connectivity index is 1.30. The monoisotopic (exact) mass is 923 g/mol. The van der Waals surface area contributed by atoms with E-state index in [1.165, 1.54) is 16.7 Å². The van der Waals surface area contributed by atoms with Crippen molar-refractivity contribution < 1.29 is 56.0 Å². The van der Waals surface area contributed by atoms with E-state index in [4.69, 9.17) is 18.4 Å². The summed E-state index contributed by atoms with van der Waals surface area (Å²) in [4.78, 5) is 40.0. The second-order valence-electron chi connectivity index (χ2n) is 17.3. The number of hydrogen-bond acceptors (Lipinski definition) is 11. The molecule has 13 nitrogen and oxygen atoms in total. The second kappa shape index (κ2) is 30.9. The number of nitrogens with one attached hydrogen (secondary N) is 1. The van der Waals surface area contributed by atoms with Crippen LogP contribution in [-0.4, -0.2) is 84.4 Å². The zero-order chi connectivity index (χ0) is 46.5. The van der Waals surface area contributed by atoms with Gasteiger partial charge in [-0.3, -0.25) is 18.9 Å². The Morgan fingerprint density at radius 1 is 0.600 bits per heavy atom. The molecule has 0 aromatic heterocycles. The lowest BCUT2D eigenvalue weighted by Crippen LogP contribution is -2.66. The lowest BCUT2D eigenvalue weighted by molar-refractivity contribution is -0.254. The molecule has 0 bridgehead atoms. The van der Waals surface area contributed by atoms with Crippen molar-refractivity contribution in [1.29, 1.82) is 0 Å². The third kappa shape index (κ3) is 22.7. The Labute approximate surface area is 386 Å². The van der Waals surface area contributed by atoms with Crippen molar-refractivity contribution in [3.05, 3.63) is 108 Å². The van der Waals surface area contributed by atoms with E-state index in [1.54, 1.807) is 0 Å². The molecule has 1 fully saturated rings. The fraction of sp³-hybridized carbons (Fsp3) is 0.588. The van der Waals surface area contributed by atoms with Crippen molar-refractivity contribution in [3.8, 4) is 0 Å². The molecule has 6 atom stereocenters. The molecule has 1 saturated heterocycles. The van der Waals surface area contributed by atoms with Crippen molar-refractivity contribution in [1.82, 2.24) is 5.32 Å². The molecule has 0 aliphatic carbocycles. The molecule has 1 unspecified atom stereocenters. The van der Waals surface area contributed by atoms with Gasteiger partial charge in [0.25, 0.3) is 0 Å². The van der Waals surface area contributed by atoms with E-state index in [0.29, 0.717) is 25.7 Å². The van der Waals surface area contributed by atoms with Gasteiger partial charge in [0.05, 0.1) is 13.0 Å². The first kappa shape index (κ1) is 53.4. The highest BCUT2D eigenvalue weighted by molar-refractivity contribution is 7.80. The number of hydrogen-bond donors (Lipinski definition) is 4. The van der Waals surface area contributed by atoms with Gasteiger partial charge in [-0.1, -0.05) is 155 Å². The highest BCUT2D eigenvalue weighted by Gasteiger charge is 2.50. The molecule has 3 aromatic carbocycles. The predicted molar refractivity (Wildman–Crippen MR) is 249 cm³/mol. The van der Waals surface area contributed by atoms with Crippen LogP contribution in [-0.2, 0) is 62.4 Å². The molecule has 0 spiro atoms. The van der Waals surface area contributed by atoms with E-state index < -0.39 is 71.6 Å². The topological polar surface area (TPSA) is 195 Å². The summed E-state index contributed by atoms with van der Waals surface area (Å²) >= 11 is 0. The highest BCUT2D eigenvalue weighted by Crippen LogP contribution is 2.28. The first-order chi connectivity index (χ1) is 31.5. The van der Waals surface area contributed by atoms with Crippen LogP contribution in [0.25, 0.3) is 0 Å². The van der Waals surface area contributed by atoms with Gasteiger partial charge < -0.3 is 29.7 Å². The van der Waals surface area contributed by atoms with E-state index >= 15 is 0 Å². The van der Waals surface area contributed by atoms with Crippen LogP contribution in [0.15, 0.2) is 91.0 Å². The fourth-order valence-corrected chi connectivity index (χ4v) is 8.84. The Hall–Kier alpha value is -4.18. The van der Waals surface area contributed by atoms with Crippen molar-refractivity contribution >= 4 is 28.2 Å². The molecule has 1 amide bonds. The minimum absolute atomic E-state index is 0.0435. The lowest BCUT2D eigenvalue weighted by Gasteiger charge is -2.43. The van der Waals surface area contributed by atoms with Gasteiger partial charge in [-0.2, -0.15) is 8.42 Å². The lowest BCUT2D eigenvalue weighted by atomic mass is 9.96. The summed E-state index contributed by atoms with van der Waals surface area (Å²) in [7, 11) is -5.18. The summed E-state index contributed by atoms with van der Waals surface area (Å²) < 4.78 is 55.3. The van der Waals surface area contributed by atoms with E-state index in [1.807, 2.05) is 42.5 Å². The van der Waals surface area contributed by atoms with Gasteiger partial charge in [0.2, 0.25) is 5.91 Å². The van der Waals surface area contributed by atoms with Gasteiger partial charge in [-0.05, 0) is 80.9 Å². The van der Waals surface area contributed by atoms with Gasteiger partial charge >= 0.3 is 22.3 Å². The molecule has 1 heterocycles. The molecule has 1 aliphatic rings. The Bertz CT molecular complexity index is 1870. The molecular formula is C51H73NO12S. The number of rotatable bonds is 33. The van der Waals surface area contributed by atoms with Crippen LogP contribution in [0.1, 0.15) is 145 Å². The fourth-order valence-electron chi connectivity index (χ4n) is 8.33. The number of aliphatic hydroxyl groups is 2. The molecule has 0 saturated carbocycles. The van der Waals surface area contributed by atoms with Crippen LogP contribution < -0.4 is 5.32 Å². The molecule has 1 aliphatic heterocycles. The van der Waals surface area contributed by atoms with Crippen LogP contribution in [0, 0.1) is 0 Å². The first-order valence-electron chi connectivity index (χ1n) is 23.9. The third-order valence-electron chi connectivity index (χ3n) is 11.8. The molecule has 14 heteroatoms. The summed E-state index contributed by atoms with van der Waals surface area (Å²) in [5.41, 5.74) is 3.89. The molecule has 3 aromatic rings. The average molecular weight is 924 g/mol. The smallest absolute Gasteiger partial charge is 0.397 e. The summed E-state index contributed by atoms with van der Waals surface area (Å²) in [5.74, 6) is -1.85. The summed E-state index contributed by atoms with van der Waals surface area (Å²) in [6.45, 7) is -0.867. The van der Waals surface area contributed by atoms with Crippen LogP contribution in [0.3, 0.4) is 0 Å². The van der Waals surface area contributed by atoms with E-state index in [2.05, 4.69) is 53.8 Å². The summed E-state index contributed by atoms with van der Waals surface area (Å²) in [6, 6.07) is 29.3. The van der Waals surface area contributed by atoms with Gasteiger partial charge in [0.15, 0.2) is 12.4 Å². The standard InChI is InChI=1S/C51H73NO12S/c53-39-44-49(64-65(58,59)60)50(63-47(56)37-25-8-4-2-6-15-27-41-31-19-12-20-32-41)48(51(57)62-44)52-45(54)38-43(35-23-10-9-16-28-42-33-21-13-22-34-42)61-46(55)36-24-7-3-1-5-14-26-40-29-17-11-18-30-40/h11-13,17-22,29-34,43-44,48-51,53,57H,1-10,14-16,23-28,35-39H2,(H,52,54)(H,58,59,60)/t43-,44+,48+,49+,50+,51?/m0/s1. The zero-order valence-corrected chi connectivity index (χ0v) is 38.8. The van der Waals surface area contributed by atoms with Gasteiger partial charge in [0.1, 0.15) is 24.4 Å². The van der Waals surface area contributed by atoms with Crippen LogP contribution in [0.4, 0.5) is 0 Å².